The third-order valence-corrected chi connectivity index (χ3v) is 9.50. The van der Waals surface area contributed by atoms with Crippen LogP contribution in [0.3, 0.4) is 0 Å². The smallest absolute Gasteiger partial charge is 0.348 e. The first-order valence-electron chi connectivity index (χ1n) is 14.2. The lowest BCUT2D eigenvalue weighted by atomic mass is 10.1. The van der Waals surface area contributed by atoms with Gasteiger partial charge in [-0.15, -0.1) is 22.7 Å². The van der Waals surface area contributed by atoms with E-state index in [0.717, 1.165) is 22.7 Å². The van der Waals surface area contributed by atoms with Gasteiger partial charge in [-0.25, -0.2) is 18.4 Å². The lowest BCUT2D eigenvalue weighted by molar-refractivity contribution is 0.0602. The maximum atomic E-state index is 14.2. The first-order valence-corrected chi connectivity index (χ1v) is 15.9. The van der Waals surface area contributed by atoms with Crippen LogP contribution in [0, 0.1) is 11.6 Å². The topological polar surface area (TPSA) is 168 Å². The third-order valence-electron chi connectivity index (χ3n) is 7.14. The molecule has 10 nitrogen and oxygen atoms in total. The summed E-state index contributed by atoms with van der Waals surface area (Å²) in [5.74, 6) is -2.78. The number of thiophene rings is 2. The van der Waals surface area contributed by atoms with Crippen LogP contribution in [0.25, 0.3) is 20.2 Å². The number of primary amides is 2. The molecule has 49 heavy (non-hydrogen) atoms. The molecular weight excluding hydrogens is 679 g/mol. The quantitative estimate of drug-likeness (QED) is 0.129. The van der Waals surface area contributed by atoms with E-state index in [1.807, 2.05) is 0 Å². The van der Waals surface area contributed by atoms with E-state index in [1.54, 1.807) is 42.5 Å². The molecule has 250 valence electrons. The molecule has 14 heteroatoms. The summed E-state index contributed by atoms with van der Waals surface area (Å²) in [4.78, 5) is 45.9. The third kappa shape index (κ3) is 7.66. The zero-order valence-electron chi connectivity index (χ0n) is 25.5. The lowest BCUT2D eigenvalue weighted by Gasteiger charge is -2.08. The van der Waals surface area contributed by atoms with Gasteiger partial charge in [0.05, 0.1) is 7.11 Å². The van der Waals surface area contributed by atoms with Gasteiger partial charge in [0, 0.05) is 42.4 Å². The molecule has 2 heterocycles. The highest BCUT2D eigenvalue weighted by Crippen LogP contribution is 2.35. The predicted octanol–water partition coefficient (Wildman–Crippen LogP) is 6.92. The number of nitrogens with two attached hydrogens (primary N) is 2. The van der Waals surface area contributed by atoms with Crippen LogP contribution in [0.15, 0.2) is 84.9 Å². The van der Waals surface area contributed by atoms with Crippen LogP contribution in [0.5, 0.6) is 11.5 Å². The molecule has 0 aliphatic heterocycles. The predicted molar refractivity (Wildman–Crippen MR) is 180 cm³/mol. The van der Waals surface area contributed by atoms with E-state index >= 15 is 0 Å². The van der Waals surface area contributed by atoms with E-state index in [2.05, 4.69) is 0 Å². The van der Waals surface area contributed by atoms with Gasteiger partial charge in [-0.05, 0) is 72.8 Å². The summed E-state index contributed by atoms with van der Waals surface area (Å²) in [6.45, 7) is -0.111. The Balaban J connectivity index is 0.000000191. The Morgan fingerprint density at radius 1 is 0.653 bits per heavy atom. The Bertz CT molecular complexity index is 2200. The molecule has 5 N–H and O–H groups in total. The standard InChI is InChI=1S/C18H14FNO4S.C17H12FNO4S/c1-23-18(22)16-12(15-13(19)3-2-4-14(15)25-16)9-24-11-7-5-10(6-8-11)17(20)21;18-12-2-1-3-13-14(12)11(15(24-13)17(21)22)8-23-10-6-4-9(5-7-10)16(19)20/h2-8H,9H2,1H3,(H2,20,21);1-7H,8H2,(H2,19,20)(H,21,22). The molecule has 0 aliphatic rings. The minimum atomic E-state index is -1.13. The molecule has 0 radical (unpaired) electrons. The zero-order valence-corrected chi connectivity index (χ0v) is 27.2. The Hall–Kier alpha value is -5.86. The molecule has 0 atom stereocenters. The largest absolute Gasteiger partial charge is 0.489 e. The van der Waals surface area contributed by atoms with Crippen molar-refractivity contribution in [1.29, 1.82) is 0 Å². The fourth-order valence-corrected chi connectivity index (χ4v) is 6.98. The van der Waals surface area contributed by atoms with Gasteiger partial charge in [-0.2, -0.15) is 0 Å². The summed E-state index contributed by atoms with van der Waals surface area (Å²) in [6, 6.07) is 21.5. The van der Waals surface area contributed by atoms with Gasteiger partial charge in [0.15, 0.2) is 0 Å². The van der Waals surface area contributed by atoms with Crippen molar-refractivity contribution in [2.45, 2.75) is 13.2 Å². The summed E-state index contributed by atoms with van der Waals surface area (Å²) in [7, 11) is 1.27. The van der Waals surface area contributed by atoms with Gasteiger partial charge in [-0.1, -0.05) is 12.1 Å². The van der Waals surface area contributed by atoms with Crippen molar-refractivity contribution in [3.05, 3.63) is 129 Å². The summed E-state index contributed by atoms with van der Waals surface area (Å²) < 4.78 is 45.5. The molecule has 2 aromatic heterocycles. The number of esters is 1. The second-order valence-corrected chi connectivity index (χ2v) is 12.3. The lowest BCUT2D eigenvalue weighted by Crippen LogP contribution is -2.10. The van der Waals surface area contributed by atoms with Crippen LogP contribution < -0.4 is 20.9 Å². The van der Waals surface area contributed by atoms with Crippen molar-refractivity contribution in [3.8, 4) is 11.5 Å². The molecule has 6 rings (SSSR count). The number of hydrogen-bond acceptors (Lipinski definition) is 9. The average molecular weight is 705 g/mol. The zero-order chi connectivity index (χ0) is 35.2. The molecule has 0 bridgehead atoms. The number of carboxylic acids is 1. The molecule has 4 aromatic carbocycles. The normalized spacial score (nSPS) is 10.7. The van der Waals surface area contributed by atoms with Crippen LogP contribution >= 0.6 is 22.7 Å². The SMILES string of the molecule is COC(=O)c1sc2cccc(F)c2c1COc1ccc(C(N)=O)cc1.NC(=O)c1ccc(OCc2c(C(=O)O)sc3cccc(F)c23)cc1. The molecule has 0 saturated heterocycles. The molecule has 0 aliphatic carbocycles. The summed E-state index contributed by atoms with van der Waals surface area (Å²) in [5.41, 5.74) is 11.8. The second kappa shape index (κ2) is 14.9. The Morgan fingerprint density at radius 3 is 1.45 bits per heavy atom. The highest BCUT2D eigenvalue weighted by molar-refractivity contribution is 7.21. The number of methoxy groups -OCH3 is 1. The number of rotatable bonds is 10. The number of hydrogen-bond donors (Lipinski definition) is 3. The van der Waals surface area contributed by atoms with Gasteiger partial charge >= 0.3 is 11.9 Å². The number of carbonyl (C=O) groups excluding carboxylic acids is 3. The first kappa shape index (κ1) is 34.5. The molecule has 2 amide bonds. The molecular formula is C35H26F2N2O8S2. The Kier molecular flexibility index (Phi) is 10.5. The van der Waals surface area contributed by atoms with Gasteiger partial charge < -0.3 is 30.8 Å². The summed E-state index contributed by atoms with van der Waals surface area (Å²) in [5, 5.41) is 9.94. The number of halogens is 2. The van der Waals surface area contributed by atoms with Crippen molar-refractivity contribution >= 4 is 66.6 Å². The van der Waals surface area contributed by atoms with Crippen LogP contribution in [-0.4, -0.2) is 36.0 Å². The Labute approximate surface area is 285 Å². The van der Waals surface area contributed by atoms with E-state index in [-0.39, 0.29) is 23.5 Å². The number of benzene rings is 4. The average Bonchev–Trinajstić information content (AvgIpc) is 3.67. The molecule has 6 aromatic rings. The maximum Gasteiger partial charge on any atom is 0.348 e. The molecule has 0 unspecified atom stereocenters. The molecule has 0 fully saturated rings. The van der Waals surface area contributed by atoms with Gasteiger partial charge in [0.25, 0.3) is 0 Å². The van der Waals surface area contributed by atoms with Crippen molar-refractivity contribution in [1.82, 2.24) is 0 Å². The number of carbonyl (C=O) groups is 4. The fraction of sp³-hybridized carbons (Fsp3) is 0.0857. The van der Waals surface area contributed by atoms with Crippen LogP contribution in [0.2, 0.25) is 0 Å². The van der Waals surface area contributed by atoms with E-state index in [4.69, 9.17) is 25.7 Å². The molecule has 0 saturated carbocycles. The summed E-state index contributed by atoms with van der Waals surface area (Å²) >= 11 is 2.16. The highest BCUT2D eigenvalue weighted by Gasteiger charge is 2.22. The first-order chi connectivity index (χ1) is 23.5. The van der Waals surface area contributed by atoms with Gasteiger partial charge in [0.2, 0.25) is 11.8 Å². The van der Waals surface area contributed by atoms with Crippen molar-refractivity contribution < 1.29 is 47.3 Å². The fourth-order valence-electron chi connectivity index (χ4n) is 4.78. The van der Waals surface area contributed by atoms with Crippen LogP contribution in [0.1, 0.15) is 51.2 Å². The highest BCUT2D eigenvalue weighted by atomic mass is 32.1. The van der Waals surface area contributed by atoms with Gasteiger partial charge in [-0.3, -0.25) is 9.59 Å². The summed E-state index contributed by atoms with van der Waals surface area (Å²) in [6.07, 6.45) is 0. The second-order valence-electron chi connectivity index (χ2n) is 10.2. The number of amides is 2. The Morgan fingerprint density at radius 2 is 1.06 bits per heavy atom. The maximum absolute atomic E-state index is 14.2. The van der Waals surface area contributed by atoms with E-state index in [1.165, 1.54) is 49.6 Å². The van der Waals surface area contributed by atoms with Gasteiger partial charge in [0.1, 0.15) is 46.1 Å². The van der Waals surface area contributed by atoms with Crippen molar-refractivity contribution in [3.63, 3.8) is 0 Å². The van der Waals surface area contributed by atoms with E-state index in [0.29, 0.717) is 53.4 Å². The van der Waals surface area contributed by atoms with Crippen molar-refractivity contribution in [2.24, 2.45) is 11.5 Å². The minimum absolute atomic E-state index is 0.0126. The van der Waals surface area contributed by atoms with E-state index < -0.39 is 35.4 Å². The van der Waals surface area contributed by atoms with E-state index in [9.17, 15) is 33.1 Å². The number of fused-ring (bicyclic) bond motifs is 2. The van der Waals surface area contributed by atoms with Crippen LogP contribution in [-0.2, 0) is 18.0 Å². The number of ether oxygens (including phenoxy) is 3. The number of carboxylic acid groups (broad SMARTS) is 1. The van der Waals surface area contributed by atoms with Crippen LogP contribution in [0.4, 0.5) is 8.78 Å². The minimum Gasteiger partial charge on any atom is -0.489 e. The molecule has 0 spiro atoms. The van der Waals surface area contributed by atoms with Crippen molar-refractivity contribution in [2.75, 3.05) is 7.11 Å². The number of aromatic carboxylic acids is 1. The monoisotopic (exact) mass is 704 g/mol.